The van der Waals surface area contributed by atoms with Gasteiger partial charge in [0.25, 0.3) is 0 Å². The molecule has 2 aliphatic rings. The lowest BCUT2D eigenvalue weighted by atomic mass is 9.90. The molecule has 1 saturated heterocycles. The molecule has 0 bridgehead atoms. The summed E-state index contributed by atoms with van der Waals surface area (Å²) in [5, 5.41) is 4.16. The standard InChI is InChI=1S/C11H11BrClNO/c12-9-2-1-6-7-3-14-4-10(7)15-5-8(6)11(9)13/h1-2,7,10,14H,3-5H2/t7-,10-/m1/s1. The summed E-state index contributed by atoms with van der Waals surface area (Å²) in [5.74, 6) is 0.472. The highest BCUT2D eigenvalue weighted by molar-refractivity contribution is 9.10. The highest BCUT2D eigenvalue weighted by Gasteiger charge is 2.35. The maximum Gasteiger partial charge on any atom is 0.0784 e. The van der Waals surface area contributed by atoms with Gasteiger partial charge in [-0.15, -0.1) is 0 Å². The van der Waals surface area contributed by atoms with Gasteiger partial charge in [-0.05, 0) is 27.6 Å². The average molecular weight is 289 g/mol. The van der Waals surface area contributed by atoms with Crippen molar-refractivity contribution >= 4 is 27.5 Å². The Kier molecular flexibility index (Phi) is 2.51. The van der Waals surface area contributed by atoms with Crippen LogP contribution in [0.2, 0.25) is 5.02 Å². The summed E-state index contributed by atoms with van der Waals surface area (Å²) >= 11 is 9.70. The minimum Gasteiger partial charge on any atom is -0.371 e. The summed E-state index contributed by atoms with van der Waals surface area (Å²) in [4.78, 5) is 0. The highest BCUT2D eigenvalue weighted by Crippen LogP contribution is 2.39. The van der Waals surface area contributed by atoms with Gasteiger partial charge in [-0.2, -0.15) is 0 Å². The fraction of sp³-hybridized carbons (Fsp3) is 0.455. The SMILES string of the molecule is Clc1c(Br)ccc2c1CO[C@@H]1CNC[C@H]21. The van der Waals surface area contributed by atoms with Crippen LogP contribution in [0.5, 0.6) is 0 Å². The number of rotatable bonds is 0. The van der Waals surface area contributed by atoms with E-state index in [9.17, 15) is 0 Å². The molecule has 0 amide bonds. The molecule has 2 heterocycles. The predicted molar refractivity (Wildman–Crippen MR) is 63.3 cm³/mol. The smallest absolute Gasteiger partial charge is 0.0784 e. The predicted octanol–water partition coefficient (Wildman–Crippen LogP) is 2.69. The summed E-state index contributed by atoms with van der Waals surface area (Å²) in [6.45, 7) is 2.59. The number of hydrogen-bond acceptors (Lipinski definition) is 2. The zero-order valence-corrected chi connectivity index (χ0v) is 10.4. The third-order valence-corrected chi connectivity index (χ3v) is 4.55. The van der Waals surface area contributed by atoms with Gasteiger partial charge >= 0.3 is 0 Å². The molecule has 0 aliphatic carbocycles. The van der Waals surface area contributed by atoms with Crippen LogP contribution >= 0.6 is 27.5 Å². The van der Waals surface area contributed by atoms with Gasteiger partial charge in [-0.3, -0.25) is 0 Å². The first-order chi connectivity index (χ1) is 7.27. The Morgan fingerprint density at radius 3 is 3.13 bits per heavy atom. The van der Waals surface area contributed by atoms with E-state index in [1.165, 1.54) is 5.56 Å². The van der Waals surface area contributed by atoms with E-state index < -0.39 is 0 Å². The summed E-state index contributed by atoms with van der Waals surface area (Å²) < 4.78 is 6.75. The Balaban J connectivity index is 2.11. The van der Waals surface area contributed by atoms with Crippen molar-refractivity contribution in [2.45, 2.75) is 18.6 Å². The van der Waals surface area contributed by atoms with Crippen molar-refractivity contribution in [2.75, 3.05) is 13.1 Å². The van der Waals surface area contributed by atoms with Gasteiger partial charge in [0, 0.05) is 29.0 Å². The van der Waals surface area contributed by atoms with Crippen LogP contribution < -0.4 is 5.32 Å². The number of halogens is 2. The monoisotopic (exact) mass is 287 g/mol. The molecular formula is C11H11BrClNO. The lowest BCUT2D eigenvalue weighted by Crippen LogP contribution is -2.27. The minimum atomic E-state index is 0.328. The highest BCUT2D eigenvalue weighted by atomic mass is 79.9. The molecule has 1 N–H and O–H groups in total. The molecule has 0 unspecified atom stereocenters. The number of ether oxygens (including phenoxy) is 1. The lowest BCUT2D eigenvalue weighted by molar-refractivity contribution is 0.0299. The molecule has 80 valence electrons. The van der Waals surface area contributed by atoms with Gasteiger partial charge in [0.1, 0.15) is 0 Å². The Morgan fingerprint density at radius 1 is 1.40 bits per heavy atom. The van der Waals surface area contributed by atoms with Crippen LogP contribution in [0, 0.1) is 0 Å². The quantitative estimate of drug-likeness (QED) is 0.792. The number of fused-ring (bicyclic) bond motifs is 3. The van der Waals surface area contributed by atoms with Crippen LogP contribution in [-0.4, -0.2) is 19.2 Å². The lowest BCUT2D eigenvalue weighted by Gasteiger charge is -2.28. The zero-order valence-electron chi connectivity index (χ0n) is 8.09. The molecule has 0 saturated carbocycles. The maximum atomic E-state index is 6.25. The van der Waals surface area contributed by atoms with Gasteiger partial charge in [-0.1, -0.05) is 17.7 Å². The first-order valence-corrected chi connectivity index (χ1v) is 6.23. The molecule has 0 radical (unpaired) electrons. The van der Waals surface area contributed by atoms with E-state index in [0.29, 0.717) is 18.6 Å². The van der Waals surface area contributed by atoms with E-state index in [0.717, 1.165) is 28.1 Å². The topological polar surface area (TPSA) is 21.3 Å². The second kappa shape index (κ2) is 3.74. The van der Waals surface area contributed by atoms with Gasteiger partial charge in [0.15, 0.2) is 0 Å². The molecule has 0 aromatic heterocycles. The van der Waals surface area contributed by atoms with Crippen molar-refractivity contribution < 1.29 is 4.74 Å². The molecule has 2 nitrogen and oxygen atoms in total. The molecule has 1 fully saturated rings. The zero-order chi connectivity index (χ0) is 10.4. The molecule has 2 atom stereocenters. The minimum absolute atomic E-state index is 0.328. The second-order valence-electron chi connectivity index (χ2n) is 4.04. The maximum absolute atomic E-state index is 6.25. The van der Waals surface area contributed by atoms with E-state index in [4.69, 9.17) is 16.3 Å². The Hall–Kier alpha value is -0.0900. The van der Waals surface area contributed by atoms with Crippen LogP contribution in [0.25, 0.3) is 0 Å². The second-order valence-corrected chi connectivity index (χ2v) is 5.28. The van der Waals surface area contributed by atoms with E-state index in [-0.39, 0.29) is 0 Å². The van der Waals surface area contributed by atoms with Gasteiger partial charge in [0.2, 0.25) is 0 Å². The van der Waals surface area contributed by atoms with Crippen LogP contribution in [0.15, 0.2) is 16.6 Å². The van der Waals surface area contributed by atoms with Gasteiger partial charge in [0.05, 0.1) is 17.7 Å². The van der Waals surface area contributed by atoms with Crippen molar-refractivity contribution in [3.05, 3.63) is 32.8 Å². The molecule has 0 spiro atoms. The van der Waals surface area contributed by atoms with Gasteiger partial charge < -0.3 is 10.1 Å². The third kappa shape index (κ3) is 1.53. The molecule has 15 heavy (non-hydrogen) atoms. The van der Waals surface area contributed by atoms with E-state index in [1.54, 1.807) is 0 Å². The Labute approximate surface area is 102 Å². The first kappa shape index (κ1) is 10.1. The van der Waals surface area contributed by atoms with Crippen LogP contribution in [-0.2, 0) is 11.3 Å². The Morgan fingerprint density at radius 2 is 2.27 bits per heavy atom. The number of nitrogens with one attached hydrogen (secondary N) is 1. The molecule has 2 aliphatic heterocycles. The van der Waals surface area contributed by atoms with Crippen molar-refractivity contribution in [2.24, 2.45) is 0 Å². The summed E-state index contributed by atoms with van der Waals surface area (Å²) in [5.41, 5.74) is 2.50. The molecule has 1 aromatic rings. The van der Waals surface area contributed by atoms with Crippen molar-refractivity contribution in [3.8, 4) is 0 Å². The number of benzene rings is 1. The number of hydrogen-bond donors (Lipinski definition) is 1. The van der Waals surface area contributed by atoms with Crippen molar-refractivity contribution in [1.29, 1.82) is 0 Å². The summed E-state index contributed by atoms with van der Waals surface area (Å²) in [7, 11) is 0. The summed E-state index contributed by atoms with van der Waals surface area (Å²) in [6, 6.07) is 4.19. The fourth-order valence-corrected chi connectivity index (χ4v) is 3.03. The average Bonchev–Trinajstić information content (AvgIpc) is 2.71. The van der Waals surface area contributed by atoms with E-state index >= 15 is 0 Å². The largest absolute Gasteiger partial charge is 0.371 e. The molecular weight excluding hydrogens is 277 g/mol. The van der Waals surface area contributed by atoms with E-state index in [2.05, 4.69) is 27.3 Å². The van der Waals surface area contributed by atoms with Crippen molar-refractivity contribution in [3.63, 3.8) is 0 Å². The van der Waals surface area contributed by atoms with Crippen LogP contribution in [0.1, 0.15) is 17.0 Å². The molecule has 4 heteroatoms. The van der Waals surface area contributed by atoms with Crippen LogP contribution in [0.3, 0.4) is 0 Å². The van der Waals surface area contributed by atoms with Crippen LogP contribution in [0.4, 0.5) is 0 Å². The normalized spacial score (nSPS) is 28.7. The van der Waals surface area contributed by atoms with Gasteiger partial charge in [-0.25, -0.2) is 0 Å². The van der Waals surface area contributed by atoms with E-state index in [1.807, 2.05) is 6.07 Å². The Bertz CT molecular complexity index is 410. The van der Waals surface area contributed by atoms with Crippen molar-refractivity contribution in [1.82, 2.24) is 5.32 Å². The first-order valence-electron chi connectivity index (χ1n) is 5.06. The summed E-state index contributed by atoms with van der Waals surface area (Å²) in [6.07, 6.45) is 0.328. The molecule has 3 rings (SSSR count). The molecule has 1 aromatic carbocycles. The fourth-order valence-electron chi connectivity index (χ4n) is 2.43. The third-order valence-electron chi connectivity index (χ3n) is 3.23.